The molecule has 0 fully saturated rings. The smallest absolute Gasteiger partial charge is 0.251 e. The molecule has 1 heterocycles. The largest absolute Gasteiger partial charge is 0.383 e. The number of H-pyrrole nitrogens is 1. The summed E-state index contributed by atoms with van der Waals surface area (Å²) in [5.74, 6) is 3.22. The lowest BCUT2D eigenvalue weighted by Crippen LogP contribution is -2.21. The van der Waals surface area contributed by atoms with Crippen LogP contribution in [-0.4, -0.2) is 36.0 Å². The lowest BCUT2D eigenvalue weighted by atomic mass is 10.3. The van der Waals surface area contributed by atoms with Gasteiger partial charge in [0.15, 0.2) is 0 Å². The van der Waals surface area contributed by atoms with E-state index in [1.807, 2.05) is 0 Å². The molecule has 0 saturated carbocycles. The number of aromatic nitrogens is 2. The van der Waals surface area contributed by atoms with Gasteiger partial charge < -0.3 is 15.0 Å². The summed E-state index contributed by atoms with van der Waals surface area (Å²) in [7, 11) is 1.66. The highest BCUT2D eigenvalue weighted by Gasteiger charge is 2.02. The second-order valence-electron chi connectivity index (χ2n) is 4.76. The zero-order valence-corrected chi connectivity index (χ0v) is 12.7. The molecule has 0 aromatic carbocycles. The maximum atomic E-state index is 11.5. The molecule has 0 bridgehead atoms. The fraction of sp³-hybridized carbons (Fsp3) is 0.692. The first kappa shape index (κ1) is 16.2. The van der Waals surface area contributed by atoms with Crippen molar-refractivity contribution in [3.63, 3.8) is 0 Å². The van der Waals surface area contributed by atoms with Gasteiger partial charge in [0, 0.05) is 26.3 Å². The molecule has 1 rings (SSSR count). The third-order valence-corrected chi connectivity index (χ3v) is 3.70. The maximum Gasteiger partial charge on any atom is 0.251 e. The van der Waals surface area contributed by atoms with E-state index < -0.39 is 0 Å². The molecule has 0 spiro atoms. The third kappa shape index (κ3) is 7.34. The predicted molar refractivity (Wildman–Crippen MR) is 79.4 cm³/mol. The molecular weight excluding hydrogens is 262 g/mol. The summed E-state index contributed by atoms with van der Waals surface area (Å²) in [6, 6.07) is 1.54. The van der Waals surface area contributed by atoms with Crippen molar-refractivity contribution in [1.29, 1.82) is 0 Å². The average molecular weight is 285 g/mol. The molecule has 0 saturated heterocycles. The van der Waals surface area contributed by atoms with E-state index in [0.717, 1.165) is 29.6 Å². The van der Waals surface area contributed by atoms with E-state index in [2.05, 4.69) is 29.1 Å². The van der Waals surface area contributed by atoms with Crippen LogP contribution in [-0.2, 0) is 17.0 Å². The number of hydrogen-bond donors (Lipinski definition) is 2. The van der Waals surface area contributed by atoms with Gasteiger partial charge >= 0.3 is 0 Å². The summed E-state index contributed by atoms with van der Waals surface area (Å²) < 4.78 is 4.95. The zero-order valence-electron chi connectivity index (χ0n) is 11.9. The lowest BCUT2D eigenvalue weighted by molar-refractivity contribution is 0.199. The van der Waals surface area contributed by atoms with Crippen LogP contribution >= 0.6 is 11.8 Å². The number of thioether (sulfide) groups is 1. The normalized spacial score (nSPS) is 11.2. The van der Waals surface area contributed by atoms with Crippen LogP contribution < -0.4 is 10.9 Å². The quantitative estimate of drug-likeness (QED) is 0.671. The number of nitrogens with zero attached hydrogens (tertiary/aromatic N) is 1. The minimum absolute atomic E-state index is 0.0845. The Morgan fingerprint density at radius 3 is 3.00 bits per heavy atom. The van der Waals surface area contributed by atoms with Crippen LogP contribution in [0.5, 0.6) is 0 Å². The van der Waals surface area contributed by atoms with Crippen molar-refractivity contribution in [1.82, 2.24) is 15.3 Å². The molecule has 5 nitrogen and oxygen atoms in total. The first-order valence-corrected chi connectivity index (χ1v) is 7.63. The van der Waals surface area contributed by atoms with Gasteiger partial charge in [-0.15, -0.1) is 0 Å². The van der Waals surface area contributed by atoms with Crippen molar-refractivity contribution in [2.24, 2.45) is 5.92 Å². The molecule has 1 aromatic rings. The van der Waals surface area contributed by atoms with Crippen molar-refractivity contribution in [3.8, 4) is 0 Å². The van der Waals surface area contributed by atoms with Crippen molar-refractivity contribution in [2.75, 3.05) is 26.0 Å². The minimum atomic E-state index is -0.0845. The number of aromatic amines is 1. The number of ether oxygens (including phenoxy) is 1. The Hall–Kier alpha value is -0.850. The minimum Gasteiger partial charge on any atom is -0.383 e. The van der Waals surface area contributed by atoms with Crippen LogP contribution in [0.15, 0.2) is 10.9 Å². The lowest BCUT2D eigenvalue weighted by Gasteiger charge is -2.07. The molecule has 108 valence electrons. The molecular formula is C13H23N3O2S. The molecule has 6 heteroatoms. The van der Waals surface area contributed by atoms with Crippen molar-refractivity contribution in [2.45, 2.75) is 26.1 Å². The van der Waals surface area contributed by atoms with E-state index in [1.165, 1.54) is 6.07 Å². The molecule has 0 atom stereocenters. The number of rotatable bonds is 9. The number of hydrogen-bond acceptors (Lipinski definition) is 5. The molecule has 0 radical (unpaired) electrons. The SMILES string of the molecule is COCCNCc1cc(=O)[nH]c(CSCC(C)C)n1. The van der Waals surface area contributed by atoms with E-state index in [0.29, 0.717) is 19.1 Å². The molecule has 19 heavy (non-hydrogen) atoms. The Kier molecular flexibility index (Phi) is 7.78. The summed E-state index contributed by atoms with van der Waals surface area (Å²) >= 11 is 1.79. The summed E-state index contributed by atoms with van der Waals surface area (Å²) in [6.07, 6.45) is 0. The van der Waals surface area contributed by atoms with Crippen LogP contribution in [0.3, 0.4) is 0 Å². The first-order chi connectivity index (χ1) is 9.11. The average Bonchev–Trinajstić information content (AvgIpc) is 2.34. The summed E-state index contributed by atoms with van der Waals surface area (Å²) in [4.78, 5) is 18.8. The van der Waals surface area contributed by atoms with Gasteiger partial charge in [-0.1, -0.05) is 13.8 Å². The second-order valence-corrected chi connectivity index (χ2v) is 5.79. The van der Waals surface area contributed by atoms with E-state index >= 15 is 0 Å². The Balaban J connectivity index is 2.48. The molecule has 0 unspecified atom stereocenters. The van der Waals surface area contributed by atoms with Crippen LogP contribution in [0.2, 0.25) is 0 Å². The van der Waals surface area contributed by atoms with Gasteiger partial charge in [0.25, 0.3) is 5.56 Å². The van der Waals surface area contributed by atoms with E-state index in [4.69, 9.17) is 4.74 Å². The molecule has 0 amide bonds. The molecule has 0 aliphatic heterocycles. The Morgan fingerprint density at radius 2 is 2.32 bits per heavy atom. The topological polar surface area (TPSA) is 67.0 Å². The molecule has 0 aliphatic rings. The molecule has 2 N–H and O–H groups in total. The maximum absolute atomic E-state index is 11.5. The highest BCUT2D eigenvalue weighted by Crippen LogP contribution is 2.11. The predicted octanol–water partition coefficient (Wildman–Crippen LogP) is 1.40. The third-order valence-electron chi connectivity index (χ3n) is 2.32. The Morgan fingerprint density at radius 1 is 1.53 bits per heavy atom. The van der Waals surface area contributed by atoms with Gasteiger partial charge in [0.2, 0.25) is 0 Å². The number of nitrogens with one attached hydrogen (secondary N) is 2. The van der Waals surface area contributed by atoms with Gasteiger partial charge in [-0.25, -0.2) is 4.98 Å². The van der Waals surface area contributed by atoms with E-state index in [1.54, 1.807) is 18.9 Å². The van der Waals surface area contributed by atoms with Crippen LogP contribution in [0.4, 0.5) is 0 Å². The molecule has 0 aliphatic carbocycles. The second kappa shape index (κ2) is 9.12. The summed E-state index contributed by atoms with van der Waals surface area (Å²) in [6.45, 7) is 6.36. The monoisotopic (exact) mass is 285 g/mol. The van der Waals surface area contributed by atoms with Gasteiger partial charge in [0.05, 0.1) is 18.1 Å². The summed E-state index contributed by atoms with van der Waals surface area (Å²) in [5.41, 5.74) is 0.693. The van der Waals surface area contributed by atoms with Gasteiger partial charge in [-0.05, 0) is 11.7 Å². The van der Waals surface area contributed by atoms with Crippen molar-refractivity contribution < 1.29 is 4.74 Å². The Bertz CT molecular complexity index is 421. The fourth-order valence-corrected chi connectivity index (χ4v) is 2.42. The van der Waals surface area contributed by atoms with Gasteiger partial charge in [-0.3, -0.25) is 4.79 Å². The van der Waals surface area contributed by atoms with E-state index in [-0.39, 0.29) is 5.56 Å². The van der Waals surface area contributed by atoms with Gasteiger partial charge in [0.1, 0.15) is 5.82 Å². The van der Waals surface area contributed by atoms with Crippen molar-refractivity contribution in [3.05, 3.63) is 27.9 Å². The zero-order chi connectivity index (χ0) is 14.1. The summed E-state index contributed by atoms with van der Waals surface area (Å²) in [5, 5.41) is 3.18. The van der Waals surface area contributed by atoms with Gasteiger partial charge in [-0.2, -0.15) is 11.8 Å². The first-order valence-electron chi connectivity index (χ1n) is 6.48. The van der Waals surface area contributed by atoms with Crippen LogP contribution in [0.25, 0.3) is 0 Å². The van der Waals surface area contributed by atoms with Crippen molar-refractivity contribution >= 4 is 11.8 Å². The number of methoxy groups -OCH3 is 1. The standard InChI is InChI=1S/C13H23N3O2S/c1-10(2)8-19-9-12-15-11(6-13(17)16-12)7-14-4-5-18-3/h6,10,14H,4-5,7-9H2,1-3H3,(H,15,16,17). The molecule has 1 aromatic heterocycles. The fourth-order valence-electron chi connectivity index (χ4n) is 1.50. The highest BCUT2D eigenvalue weighted by atomic mass is 32.2. The van der Waals surface area contributed by atoms with Crippen LogP contribution in [0, 0.1) is 5.92 Å². The Labute approximate surface area is 118 Å². The highest BCUT2D eigenvalue weighted by molar-refractivity contribution is 7.98. The van der Waals surface area contributed by atoms with Crippen LogP contribution in [0.1, 0.15) is 25.4 Å². The van der Waals surface area contributed by atoms with E-state index in [9.17, 15) is 4.79 Å².